The third kappa shape index (κ3) is 3.76. The zero-order valence-corrected chi connectivity index (χ0v) is 19.0. The zero-order valence-electron chi connectivity index (χ0n) is 17.3. The van der Waals surface area contributed by atoms with Crippen LogP contribution in [-0.4, -0.2) is 28.6 Å². The fraction of sp³-hybridized carbons (Fsp3) is 0.0870. The van der Waals surface area contributed by atoms with E-state index >= 15 is 0 Å². The lowest BCUT2D eigenvalue weighted by molar-refractivity contribution is 0.601. The minimum atomic E-state index is -3.65. The molecule has 3 heterocycles. The van der Waals surface area contributed by atoms with Crippen molar-refractivity contribution in [3.05, 3.63) is 78.4 Å². The summed E-state index contributed by atoms with van der Waals surface area (Å²) in [6.07, 6.45) is 3.35. The quantitative estimate of drug-likeness (QED) is 0.376. The van der Waals surface area contributed by atoms with Gasteiger partial charge in [0.15, 0.2) is 0 Å². The number of aromatic nitrogens is 4. The van der Waals surface area contributed by atoms with Gasteiger partial charge in [0, 0.05) is 27.4 Å². The van der Waals surface area contributed by atoms with Crippen LogP contribution in [0.3, 0.4) is 0 Å². The number of aryl methyl sites for hydroxylation is 2. The van der Waals surface area contributed by atoms with Crippen molar-refractivity contribution in [3.8, 4) is 21.7 Å². The number of aromatic amines is 1. The highest BCUT2D eigenvalue weighted by atomic mass is 32.2. The molecular formula is C23H19N5O2S2. The van der Waals surface area contributed by atoms with Crippen LogP contribution in [0.5, 0.6) is 0 Å². The average Bonchev–Trinajstić information content (AvgIpc) is 3.40. The Morgan fingerprint density at radius 3 is 2.41 bits per heavy atom. The SMILES string of the molecule is Cc1ccc(S(=O)(=O)Nc2ccc(-c3ncnc4cc(-c5cn[nH]c5C)sc34)cc2)cc1. The molecule has 0 saturated heterocycles. The Hall–Kier alpha value is -3.56. The van der Waals surface area contributed by atoms with Gasteiger partial charge in [-0.3, -0.25) is 9.82 Å². The van der Waals surface area contributed by atoms with E-state index in [2.05, 4.69) is 24.9 Å². The molecule has 0 aliphatic carbocycles. The lowest BCUT2D eigenvalue weighted by Crippen LogP contribution is -2.12. The Balaban J connectivity index is 1.46. The van der Waals surface area contributed by atoms with Crippen molar-refractivity contribution in [2.45, 2.75) is 18.7 Å². The molecule has 0 saturated carbocycles. The van der Waals surface area contributed by atoms with E-state index in [0.29, 0.717) is 5.69 Å². The molecule has 5 aromatic rings. The van der Waals surface area contributed by atoms with Gasteiger partial charge >= 0.3 is 0 Å². The van der Waals surface area contributed by atoms with Crippen LogP contribution in [0.25, 0.3) is 31.9 Å². The van der Waals surface area contributed by atoms with Gasteiger partial charge in [-0.25, -0.2) is 18.4 Å². The number of fused-ring (bicyclic) bond motifs is 1. The van der Waals surface area contributed by atoms with Crippen LogP contribution in [0.4, 0.5) is 5.69 Å². The monoisotopic (exact) mass is 461 g/mol. The first-order valence-electron chi connectivity index (χ1n) is 9.85. The van der Waals surface area contributed by atoms with E-state index in [0.717, 1.165) is 43.2 Å². The van der Waals surface area contributed by atoms with E-state index in [1.807, 2.05) is 38.2 Å². The van der Waals surface area contributed by atoms with E-state index in [4.69, 9.17) is 0 Å². The number of benzene rings is 2. The van der Waals surface area contributed by atoms with Gasteiger partial charge in [-0.2, -0.15) is 5.10 Å². The number of nitrogens with zero attached hydrogens (tertiary/aromatic N) is 3. The minimum absolute atomic E-state index is 0.227. The van der Waals surface area contributed by atoms with Gasteiger partial charge in [0.2, 0.25) is 0 Å². The summed E-state index contributed by atoms with van der Waals surface area (Å²) < 4.78 is 28.9. The molecule has 7 nitrogen and oxygen atoms in total. The Kier molecular flexibility index (Phi) is 4.99. The molecular weight excluding hydrogens is 442 g/mol. The molecule has 0 atom stereocenters. The lowest BCUT2D eigenvalue weighted by atomic mass is 10.1. The summed E-state index contributed by atoms with van der Waals surface area (Å²) in [6, 6.07) is 16.0. The molecule has 0 amide bonds. The fourth-order valence-electron chi connectivity index (χ4n) is 3.42. The molecule has 0 spiro atoms. The number of nitrogens with one attached hydrogen (secondary N) is 2. The van der Waals surface area contributed by atoms with Gasteiger partial charge in [0.05, 0.1) is 27.0 Å². The molecule has 0 radical (unpaired) electrons. The van der Waals surface area contributed by atoms with Crippen molar-refractivity contribution >= 4 is 37.3 Å². The molecule has 2 aromatic carbocycles. The third-order valence-electron chi connectivity index (χ3n) is 5.15. The van der Waals surface area contributed by atoms with Crippen molar-refractivity contribution < 1.29 is 8.42 Å². The number of hydrogen-bond donors (Lipinski definition) is 2. The van der Waals surface area contributed by atoms with Crippen molar-refractivity contribution in [1.82, 2.24) is 20.2 Å². The normalized spacial score (nSPS) is 11.7. The smallest absolute Gasteiger partial charge is 0.261 e. The average molecular weight is 462 g/mol. The molecule has 0 aliphatic rings. The van der Waals surface area contributed by atoms with Crippen LogP contribution >= 0.6 is 11.3 Å². The molecule has 0 aliphatic heterocycles. The maximum Gasteiger partial charge on any atom is 0.261 e. The van der Waals surface area contributed by atoms with Crippen molar-refractivity contribution in [2.24, 2.45) is 0 Å². The summed E-state index contributed by atoms with van der Waals surface area (Å²) >= 11 is 1.61. The zero-order chi connectivity index (χ0) is 22.3. The van der Waals surface area contributed by atoms with Gasteiger partial charge < -0.3 is 0 Å². The Bertz CT molecular complexity index is 1520. The second kappa shape index (κ2) is 7.85. The molecule has 2 N–H and O–H groups in total. The van der Waals surface area contributed by atoms with Crippen LogP contribution in [-0.2, 0) is 10.0 Å². The molecule has 160 valence electrons. The van der Waals surface area contributed by atoms with E-state index in [1.165, 1.54) is 0 Å². The summed E-state index contributed by atoms with van der Waals surface area (Å²) in [6.45, 7) is 3.90. The molecule has 32 heavy (non-hydrogen) atoms. The van der Waals surface area contributed by atoms with Gasteiger partial charge in [0.25, 0.3) is 10.0 Å². The third-order valence-corrected chi connectivity index (χ3v) is 7.71. The van der Waals surface area contributed by atoms with E-state index < -0.39 is 10.0 Å². The first kappa shape index (κ1) is 20.3. The number of sulfonamides is 1. The summed E-state index contributed by atoms with van der Waals surface area (Å²) in [5.74, 6) is 0. The van der Waals surface area contributed by atoms with Crippen LogP contribution in [0.15, 0.2) is 72.0 Å². The summed E-state index contributed by atoms with van der Waals surface area (Å²) in [5, 5.41) is 7.07. The maximum atomic E-state index is 12.6. The molecule has 0 unspecified atom stereocenters. The van der Waals surface area contributed by atoms with Crippen molar-refractivity contribution in [1.29, 1.82) is 0 Å². The van der Waals surface area contributed by atoms with Gasteiger partial charge in [-0.1, -0.05) is 29.8 Å². The predicted octanol–water partition coefficient (Wildman–Crippen LogP) is 5.17. The second-order valence-electron chi connectivity index (χ2n) is 7.45. The first-order chi connectivity index (χ1) is 15.4. The van der Waals surface area contributed by atoms with Gasteiger partial charge in [-0.15, -0.1) is 11.3 Å². The lowest BCUT2D eigenvalue weighted by Gasteiger charge is -2.09. The largest absolute Gasteiger partial charge is 0.282 e. The minimum Gasteiger partial charge on any atom is -0.282 e. The molecule has 0 fully saturated rings. The van der Waals surface area contributed by atoms with Gasteiger partial charge in [-0.05, 0) is 44.2 Å². The van der Waals surface area contributed by atoms with E-state index in [9.17, 15) is 8.42 Å². The number of hydrogen-bond acceptors (Lipinski definition) is 6. The molecule has 9 heteroatoms. The van der Waals surface area contributed by atoms with Crippen LogP contribution in [0.2, 0.25) is 0 Å². The predicted molar refractivity (Wildman–Crippen MR) is 127 cm³/mol. The summed E-state index contributed by atoms with van der Waals surface area (Å²) in [5.41, 5.74) is 6.08. The van der Waals surface area contributed by atoms with Crippen molar-refractivity contribution in [2.75, 3.05) is 4.72 Å². The van der Waals surface area contributed by atoms with Crippen molar-refractivity contribution in [3.63, 3.8) is 0 Å². The van der Waals surface area contributed by atoms with Gasteiger partial charge in [0.1, 0.15) is 6.33 Å². The molecule has 0 bridgehead atoms. The fourth-order valence-corrected chi connectivity index (χ4v) is 5.67. The number of rotatable bonds is 5. The number of anilines is 1. The van der Waals surface area contributed by atoms with Crippen LogP contribution in [0, 0.1) is 13.8 Å². The number of thiophene rings is 1. The summed E-state index contributed by atoms with van der Waals surface area (Å²) in [7, 11) is -3.65. The Morgan fingerprint density at radius 1 is 0.969 bits per heavy atom. The van der Waals surface area contributed by atoms with E-state index in [1.54, 1.807) is 54.1 Å². The van der Waals surface area contributed by atoms with Crippen LogP contribution in [0.1, 0.15) is 11.3 Å². The maximum absolute atomic E-state index is 12.6. The highest BCUT2D eigenvalue weighted by Crippen LogP contribution is 2.38. The van der Waals surface area contributed by atoms with E-state index in [-0.39, 0.29) is 4.90 Å². The highest BCUT2D eigenvalue weighted by molar-refractivity contribution is 7.92. The highest BCUT2D eigenvalue weighted by Gasteiger charge is 2.16. The Labute approximate surface area is 189 Å². The summed E-state index contributed by atoms with van der Waals surface area (Å²) in [4.78, 5) is 10.2. The topological polar surface area (TPSA) is 101 Å². The molecule has 5 rings (SSSR count). The Morgan fingerprint density at radius 2 is 1.72 bits per heavy atom. The first-order valence-corrected chi connectivity index (χ1v) is 12.2. The number of H-pyrrole nitrogens is 1. The second-order valence-corrected chi connectivity index (χ2v) is 10.2. The van der Waals surface area contributed by atoms with Crippen LogP contribution < -0.4 is 4.72 Å². The standard InChI is InChI=1S/C23H19N5O2S2/c1-14-3-9-18(10-4-14)32(29,30)28-17-7-5-16(6-8-17)22-23-20(24-13-25-22)11-21(31-23)19-12-26-27-15(19)2/h3-13,28H,1-2H3,(H,26,27). The molecule has 3 aromatic heterocycles.